The second-order valence-electron chi connectivity index (χ2n) is 4.87. The van der Waals surface area contributed by atoms with E-state index in [1.54, 1.807) is 24.3 Å². The Morgan fingerprint density at radius 2 is 2.08 bits per heavy atom. The highest BCUT2D eigenvalue weighted by molar-refractivity contribution is 9.10. The number of halogens is 1. The molecule has 134 valence electrons. The van der Waals surface area contributed by atoms with Crippen LogP contribution < -0.4 is 4.74 Å². The van der Waals surface area contributed by atoms with Gasteiger partial charge in [0, 0.05) is 17.1 Å². The lowest BCUT2D eigenvalue weighted by molar-refractivity contribution is -0.142. The number of carbonyl (C=O) groups excluding carboxylic acids is 3. The maximum atomic E-state index is 12.4. The lowest BCUT2D eigenvalue weighted by Gasteiger charge is -2.11. The Kier molecular flexibility index (Phi) is 7.03. The molecule has 0 radical (unpaired) electrons. The molecule has 1 heterocycles. The maximum absolute atomic E-state index is 12.4. The van der Waals surface area contributed by atoms with Gasteiger partial charge in [0.15, 0.2) is 6.61 Å². The van der Waals surface area contributed by atoms with Crippen molar-refractivity contribution in [3.63, 3.8) is 0 Å². The molecule has 1 aliphatic heterocycles. The molecule has 9 heteroatoms. The summed E-state index contributed by atoms with van der Waals surface area (Å²) in [6.07, 6.45) is 1.56. The van der Waals surface area contributed by atoms with Crippen LogP contribution in [-0.2, 0) is 19.1 Å². The molecule has 1 aliphatic rings. The first kappa shape index (κ1) is 19.5. The van der Waals surface area contributed by atoms with Gasteiger partial charge < -0.3 is 14.2 Å². The van der Waals surface area contributed by atoms with Crippen molar-refractivity contribution in [2.24, 2.45) is 0 Å². The molecule has 7 nitrogen and oxygen atoms in total. The fourth-order valence-corrected chi connectivity index (χ4v) is 3.21. The van der Waals surface area contributed by atoms with Crippen LogP contribution in [0.3, 0.4) is 0 Å². The van der Waals surface area contributed by atoms with Crippen LogP contribution in [0.15, 0.2) is 27.6 Å². The second kappa shape index (κ2) is 9.02. The number of imide groups is 1. The van der Waals surface area contributed by atoms with Crippen LogP contribution in [0.2, 0.25) is 0 Å². The molecule has 1 aromatic carbocycles. The molecule has 1 fully saturated rings. The minimum absolute atomic E-state index is 0.197. The summed E-state index contributed by atoms with van der Waals surface area (Å²) in [6, 6.07) is 5.14. The zero-order valence-corrected chi connectivity index (χ0v) is 16.0. The molecule has 0 N–H and O–H groups in total. The largest absolute Gasteiger partial charge is 0.481 e. The minimum Gasteiger partial charge on any atom is -0.481 e. The second-order valence-corrected chi connectivity index (χ2v) is 6.78. The van der Waals surface area contributed by atoms with Crippen LogP contribution in [0.25, 0.3) is 6.08 Å². The predicted molar refractivity (Wildman–Crippen MR) is 96.2 cm³/mol. The van der Waals surface area contributed by atoms with Gasteiger partial charge in [0.2, 0.25) is 0 Å². The van der Waals surface area contributed by atoms with Gasteiger partial charge in [-0.25, -0.2) is 4.79 Å². The van der Waals surface area contributed by atoms with Crippen molar-refractivity contribution in [2.45, 2.75) is 0 Å². The molecule has 0 aliphatic carbocycles. The number of carbonyl (C=O) groups is 3. The number of nitrogens with zero attached hydrogens (tertiary/aromatic N) is 1. The standard InChI is InChI=1S/C16H16BrNO6S/c1-22-6-5-18-15(20)13(25-16(18)21)8-10-7-11(17)3-4-12(10)24-9-14(19)23-2/h3-4,7-8H,5-6,9H2,1-2H3/b13-8+. The lowest BCUT2D eigenvalue weighted by atomic mass is 10.2. The number of esters is 1. The van der Waals surface area contributed by atoms with E-state index >= 15 is 0 Å². The van der Waals surface area contributed by atoms with Crippen LogP contribution in [0.5, 0.6) is 5.75 Å². The van der Waals surface area contributed by atoms with Crippen molar-refractivity contribution in [1.82, 2.24) is 4.90 Å². The number of benzene rings is 1. The van der Waals surface area contributed by atoms with Crippen LogP contribution in [0.4, 0.5) is 4.79 Å². The van der Waals surface area contributed by atoms with Gasteiger partial charge in [0.05, 0.1) is 25.2 Å². The van der Waals surface area contributed by atoms with Crippen LogP contribution in [-0.4, -0.2) is 56.0 Å². The number of amides is 2. The van der Waals surface area contributed by atoms with Gasteiger partial charge in [0.1, 0.15) is 5.75 Å². The van der Waals surface area contributed by atoms with E-state index in [-0.39, 0.29) is 35.8 Å². The summed E-state index contributed by atoms with van der Waals surface area (Å²) >= 11 is 4.20. The Morgan fingerprint density at radius 3 is 2.76 bits per heavy atom. The summed E-state index contributed by atoms with van der Waals surface area (Å²) in [5.74, 6) is -0.503. The van der Waals surface area contributed by atoms with Gasteiger partial charge in [0.25, 0.3) is 11.1 Å². The Balaban J connectivity index is 2.24. The monoisotopic (exact) mass is 429 g/mol. The van der Waals surface area contributed by atoms with Crippen LogP contribution in [0, 0.1) is 0 Å². The van der Waals surface area contributed by atoms with E-state index < -0.39 is 5.97 Å². The van der Waals surface area contributed by atoms with Crippen molar-refractivity contribution in [1.29, 1.82) is 0 Å². The Morgan fingerprint density at radius 1 is 1.32 bits per heavy atom. The normalized spacial score (nSPS) is 15.8. The Bertz CT molecular complexity index is 721. The molecule has 0 aromatic heterocycles. The number of hydrogen-bond donors (Lipinski definition) is 0. The van der Waals surface area contributed by atoms with Crippen molar-refractivity contribution < 1.29 is 28.6 Å². The predicted octanol–water partition coefficient (Wildman–Crippen LogP) is 2.68. The zero-order valence-electron chi connectivity index (χ0n) is 13.6. The Labute approximate surface area is 157 Å². The first-order valence-corrected chi connectivity index (χ1v) is 8.80. The topological polar surface area (TPSA) is 82.1 Å². The first-order chi connectivity index (χ1) is 12.0. The van der Waals surface area contributed by atoms with Gasteiger partial charge in [-0.3, -0.25) is 14.5 Å². The number of rotatable bonds is 7. The first-order valence-electron chi connectivity index (χ1n) is 7.19. The molecule has 1 aromatic rings. The van der Waals surface area contributed by atoms with Gasteiger partial charge in [-0.1, -0.05) is 15.9 Å². The van der Waals surface area contributed by atoms with Gasteiger partial charge >= 0.3 is 5.97 Å². The highest BCUT2D eigenvalue weighted by Crippen LogP contribution is 2.34. The average Bonchev–Trinajstić information content (AvgIpc) is 2.85. The van der Waals surface area contributed by atoms with E-state index in [2.05, 4.69) is 20.7 Å². The molecule has 0 unspecified atom stereocenters. The lowest BCUT2D eigenvalue weighted by Crippen LogP contribution is -2.31. The smallest absolute Gasteiger partial charge is 0.343 e. The molecular weight excluding hydrogens is 414 g/mol. The van der Waals surface area contributed by atoms with Crippen LogP contribution in [0.1, 0.15) is 5.56 Å². The SMILES string of the molecule is COCCN1C(=O)S/C(=C/c2cc(Br)ccc2OCC(=O)OC)C1=O. The van der Waals surface area contributed by atoms with Crippen molar-refractivity contribution in [3.8, 4) is 5.75 Å². The van der Waals surface area contributed by atoms with Crippen molar-refractivity contribution in [2.75, 3.05) is 34.0 Å². The number of thioether (sulfide) groups is 1. The summed E-state index contributed by atoms with van der Waals surface area (Å²) in [4.78, 5) is 37.0. The van der Waals surface area contributed by atoms with E-state index in [1.165, 1.54) is 14.2 Å². The molecular formula is C16H16BrNO6S. The molecule has 25 heavy (non-hydrogen) atoms. The molecule has 0 atom stereocenters. The van der Waals surface area contributed by atoms with Gasteiger partial charge in [-0.2, -0.15) is 0 Å². The zero-order chi connectivity index (χ0) is 18.4. The fourth-order valence-electron chi connectivity index (χ4n) is 1.98. The summed E-state index contributed by atoms with van der Waals surface area (Å²) in [6.45, 7) is 0.215. The van der Waals surface area contributed by atoms with E-state index in [0.717, 1.165) is 21.1 Å². The summed E-state index contributed by atoms with van der Waals surface area (Å²) in [5, 5.41) is -0.347. The van der Waals surface area contributed by atoms with E-state index in [0.29, 0.717) is 11.3 Å². The highest BCUT2D eigenvalue weighted by atomic mass is 79.9. The van der Waals surface area contributed by atoms with E-state index in [9.17, 15) is 14.4 Å². The van der Waals surface area contributed by atoms with Crippen molar-refractivity contribution >= 4 is 50.9 Å². The van der Waals surface area contributed by atoms with E-state index in [4.69, 9.17) is 9.47 Å². The van der Waals surface area contributed by atoms with E-state index in [1.807, 2.05) is 0 Å². The third-order valence-electron chi connectivity index (χ3n) is 3.22. The third-order valence-corrected chi connectivity index (χ3v) is 4.62. The van der Waals surface area contributed by atoms with Gasteiger partial charge in [-0.15, -0.1) is 0 Å². The molecule has 0 saturated carbocycles. The maximum Gasteiger partial charge on any atom is 0.343 e. The molecule has 0 spiro atoms. The summed E-state index contributed by atoms with van der Waals surface area (Å²) in [5.41, 5.74) is 0.565. The minimum atomic E-state index is -0.520. The van der Waals surface area contributed by atoms with Crippen LogP contribution >= 0.6 is 27.7 Å². The molecule has 0 bridgehead atoms. The molecule has 2 amide bonds. The number of hydrogen-bond acceptors (Lipinski definition) is 7. The number of methoxy groups -OCH3 is 2. The average molecular weight is 430 g/mol. The Hall–Kier alpha value is -1.84. The highest BCUT2D eigenvalue weighted by Gasteiger charge is 2.34. The van der Waals surface area contributed by atoms with Crippen molar-refractivity contribution in [3.05, 3.63) is 33.1 Å². The quantitative estimate of drug-likeness (QED) is 0.486. The molecule has 2 rings (SSSR count). The summed E-state index contributed by atoms with van der Waals surface area (Å²) < 4.78 is 15.6. The number of ether oxygens (including phenoxy) is 3. The summed E-state index contributed by atoms with van der Waals surface area (Å²) in [7, 11) is 2.77. The molecule has 1 saturated heterocycles. The fraction of sp³-hybridized carbons (Fsp3) is 0.312. The van der Waals surface area contributed by atoms with Gasteiger partial charge in [-0.05, 0) is 36.0 Å². The third kappa shape index (κ3) is 5.07.